The van der Waals surface area contributed by atoms with Crippen LogP contribution in [0.25, 0.3) is 0 Å². The van der Waals surface area contributed by atoms with Gasteiger partial charge in [0.25, 0.3) is 0 Å². The van der Waals surface area contributed by atoms with Gasteiger partial charge in [-0.15, -0.1) is 0 Å². The number of carbonyl (C=O) groups excluding carboxylic acids is 1. The first kappa shape index (κ1) is 11.6. The van der Waals surface area contributed by atoms with Gasteiger partial charge in [-0.05, 0) is 0 Å². The molecule has 0 atom stereocenters. The Labute approximate surface area is 61.1 Å². The van der Waals surface area contributed by atoms with E-state index >= 15 is 0 Å². The van der Waals surface area contributed by atoms with Gasteiger partial charge < -0.3 is 9.90 Å². The van der Waals surface area contributed by atoms with Crippen molar-refractivity contribution in [2.24, 2.45) is 0 Å². The van der Waals surface area contributed by atoms with E-state index in [-0.39, 0.29) is 0 Å². The summed E-state index contributed by atoms with van der Waals surface area (Å²) < 4.78 is 0. The Morgan fingerprint density at radius 2 is 0.900 bits per heavy atom. The summed E-state index contributed by atoms with van der Waals surface area (Å²) in [4.78, 5) is 8.00. The number of carbonyl (C=O) groups is 1. The molecule has 0 spiro atoms. The molecular formula is C8H12O2. The van der Waals surface area contributed by atoms with Gasteiger partial charge in [-0.2, -0.15) is 0 Å². The minimum absolute atomic E-state index is 1.00. The minimum atomic E-state index is 1.00. The molecule has 0 saturated carbocycles. The van der Waals surface area contributed by atoms with Crippen LogP contribution in [0, 0.1) is 0 Å². The molecule has 1 aromatic rings. The van der Waals surface area contributed by atoms with E-state index in [0.717, 1.165) is 7.11 Å². The van der Waals surface area contributed by atoms with Crippen LogP contribution >= 0.6 is 0 Å². The summed E-state index contributed by atoms with van der Waals surface area (Å²) in [6.07, 6.45) is 0. The fraction of sp³-hybridized carbons (Fsp3) is 0.125. The molecular weight excluding hydrogens is 128 g/mol. The zero-order chi connectivity index (χ0) is 8.24. The third-order valence-electron chi connectivity index (χ3n) is 0.667. The van der Waals surface area contributed by atoms with Crippen LogP contribution in [-0.4, -0.2) is 19.0 Å². The first-order valence-corrected chi connectivity index (χ1v) is 2.74. The summed E-state index contributed by atoms with van der Waals surface area (Å²) >= 11 is 0. The highest BCUT2D eigenvalue weighted by molar-refractivity contribution is 5.11. The molecule has 0 radical (unpaired) electrons. The van der Waals surface area contributed by atoms with Crippen molar-refractivity contribution in [2.75, 3.05) is 7.11 Å². The summed E-state index contributed by atoms with van der Waals surface area (Å²) in [5.41, 5.74) is 0. The lowest BCUT2D eigenvalue weighted by Gasteiger charge is -1.69. The van der Waals surface area contributed by atoms with Gasteiger partial charge in [-0.3, -0.25) is 0 Å². The predicted molar refractivity (Wildman–Crippen MR) is 41.7 cm³/mol. The quantitative estimate of drug-likeness (QED) is 0.586. The summed E-state index contributed by atoms with van der Waals surface area (Å²) in [6, 6.07) is 12.0. The number of aliphatic hydroxyl groups is 1. The molecule has 0 aliphatic heterocycles. The van der Waals surface area contributed by atoms with E-state index in [1.807, 2.05) is 43.2 Å². The predicted octanol–water partition coefficient (Wildman–Crippen LogP) is 1.11. The van der Waals surface area contributed by atoms with E-state index in [9.17, 15) is 0 Å². The Kier molecular flexibility index (Phi) is 18.2. The van der Waals surface area contributed by atoms with Gasteiger partial charge in [0.05, 0.1) is 0 Å². The monoisotopic (exact) mass is 140 g/mol. The van der Waals surface area contributed by atoms with Gasteiger partial charge in [0.15, 0.2) is 0 Å². The zero-order valence-corrected chi connectivity index (χ0v) is 6.03. The first-order valence-electron chi connectivity index (χ1n) is 2.74. The SMILES string of the molecule is C=O.CO.c1ccccc1. The van der Waals surface area contributed by atoms with Gasteiger partial charge in [0.1, 0.15) is 6.79 Å². The molecule has 1 aromatic carbocycles. The molecule has 1 rings (SSSR count). The molecule has 0 fully saturated rings. The normalized spacial score (nSPS) is 5.80. The van der Waals surface area contributed by atoms with E-state index in [4.69, 9.17) is 9.90 Å². The van der Waals surface area contributed by atoms with Crippen LogP contribution in [0.1, 0.15) is 0 Å². The van der Waals surface area contributed by atoms with Crippen LogP contribution in [0.5, 0.6) is 0 Å². The van der Waals surface area contributed by atoms with Crippen molar-refractivity contribution < 1.29 is 9.90 Å². The maximum absolute atomic E-state index is 8.00. The van der Waals surface area contributed by atoms with Crippen LogP contribution < -0.4 is 0 Å². The lowest BCUT2D eigenvalue weighted by Crippen LogP contribution is -1.47. The average molecular weight is 140 g/mol. The Balaban J connectivity index is 0. The van der Waals surface area contributed by atoms with Crippen LogP contribution in [0.3, 0.4) is 0 Å². The number of benzene rings is 1. The summed E-state index contributed by atoms with van der Waals surface area (Å²) in [5, 5.41) is 7.00. The molecule has 0 unspecified atom stereocenters. The Hall–Kier alpha value is -1.15. The summed E-state index contributed by atoms with van der Waals surface area (Å²) in [5.74, 6) is 0. The highest BCUT2D eigenvalue weighted by Crippen LogP contribution is 1.79. The second-order valence-corrected chi connectivity index (χ2v) is 1.15. The molecule has 0 aliphatic carbocycles. The average Bonchev–Trinajstić information content (AvgIpc) is 2.14. The number of hydrogen-bond acceptors (Lipinski definition) is 2. The van der Waals surface area contributed by atoms with Crippen LogP contribution in [-0.2, 0) is 4.79 Å². The van der Waals surface area contributed by atoms with Crippen LogP contribution in [0.2, 0.25) is 0 Å². The molecule has 0 heterocycles. The maximum atomic E-state index is 8.00. The topological polar surface area (TPSA) is 37.3 Å². The second-order valence-electron chi connectivity index (χ2n) is 1.15. The zero-order valence-electron chi connectivity index (χ0n) is 6.03. The molecule has 0 amide bonds. The van der Waals surface area contributed by atoms with Crippen LogP contribution in [0.15, 0.2) is 36.4 Å². The molecule has 0 aliphatic rings. The van der Waals surface area contributed by atoms with Crippen LogP contribution in [0.4, 0.5) is 0 Å². The van der Waals surface area contributed by atoms with Gasteiger partial charge in [-0.1, -0.05) is 36.4 Å². The van der Waals surface area contributed by atoms with E-state index in [1.165, 1.54) is 0 Å². The van der Waals surface area contributed by atoms with Crippen molar-refractivity contribution in [3.8, 4) is 0 Å². The number of aliphatic hydroxyl groups excluding tert-OH is 1. The van der Waals surface area contributed by atoms with Crippen molar-refractivity contribution in [1.82, 2.24) is 0 Å². The van der Waals surface area contributed by atoms with Crippen molar-refractivity contribution in [3.63, 3.8) is 0 Å². The van der Waals surface area contributed by atoms with Crippen molar-refractivity contribution in [3.05, 3.63) is 36.4 Å². The van der Waals surface area contributed by atoms with Gasteiger partial charge in [0.2, 0.25) is 0 Å². The van der Waals surface area contributed by atoms with Crippen molar-refractivity contribution in [2.45, 2.75) is 0 Å². The standard InChI is InChI=1S/C6H6.CH4O.CH2O/c1-2-4-6-5-3-1;2*1-2/h1-6H;2H,1H3;1H2. The highest BCUT2D eigenvalue weighted by Gasteiger charge is 1.57. The molecule has 2 nitrogen and oxygen atoms in total. The lowest BCUT2D eigenvalue weighted by atomic mass is 10.4. The second kappa shape index (κ2) is 15.7. The van der Waals surface area contributed by atoms with E-state index in [0.29, 0.717) is 0 Å². The van der Waals surface area contributed by atoms with Crippen molar-refractivity contribution in [1.29, 1.82) is 0 Å². The number of hydrogen-bond donors (Lipinski definition) is 1. The molecule has 2 heteroatoms. The molecule has 0 saturated heterocycles. The molecule has 56 valence electrons. The fourth-order valence-corrected chi connectivity index (χ4v) is 0.385. The number of rotatable bonds is 0. The Bertz CT molecular complexity index is 90.1. The molecule has 0 aromatic heterocycles. The minimum Gasteiger partial charge on any atom is -0.400 e. The van der Waals surface area contributed by atoms with Gasteiger partial charge in [-0.25, -0.2) is 0 Å². The summed E-state index contributed by atoms with van der Waals surface area (Å²) in [7, 11) is 1.00. The van der Waals surface area contributed by atoms with E-state index < -0.39 is 0 Å². The summed E-state index contributed by atoms with van der Waals surface area (Å²) in [6.45, 7) is 2.00. The van der Waals surface area contributed by atoms with Crippen molar-refractivity contribution >= 4 is 6.79 Å². The van der Waals surface area contributed by atoms with Gasteiger partial charge >= 0.3 is 0 Å². The largest absolute Gasteiger partial charge is 0.400 e. The smallest absolute Gasteiger partial charge is 0.106 e. The first-order chi connectivity index (χ1) is 5.00. The fourth-order valence-electron chi connectivity index (χ4n) is 0.385. The lowest BCUT2D eigenvalue weighted by molar-refractivity contribution is -0.0979. The van der Waals surface area contributed by atoms with E-state index in [2.05, 4.69) is 0 Å². The third-order valence-corrected chi connectivity index (χ3v) is 0.667. The Morgan fingerprint density at radius 3 is 1.00 bits per heavy atom. The Morgan fingerprint density at radius 1 is 0.800 bits per heavy atom. The van der Waals surface area contributed by atoms with E-state index in [1.54, 1.807) is 0 Å². The maximum Gasteiger partial charge on any atom is 0.106 e. The highest BCUT2D eigenvalue weighted by atomic mass is 16.2. The van der Waals surface area contributed by atoms with Gasteiger partial charge in [0, 0.05) is 7.11 Å². The third kappa shape index (κ3) is 9.97. The molecule has 1 N–H and O–H groups in total. The molecule has 10 heavy (non-hydrogen) atoms. The molecule has 0 bridgehead atoms.